The van der Waals surface area contributed by atoms with Crippen molar-refractivity contribution in [1.29, 1.82) is 0 Å². The Morgan fingerprint density at radius 1 is 1.20 bits per heavy atom. The molecule has 0 saturated carbocycles. The Hall–Kier alpha value is -1.50. The third kappa shape index (κ3) is 4.26. The molecule has 2 heterocycles. The highest BCUT2D eigenvalue weighted by Crippen LogP contribution is 2.08. The second kappa shape index (κ2) is 7.33. The Balaban J connectivity index is 1.93. The summed E-state index contributed by atoms with van der Waals surface area (Å²) >= 11 is 0. The molecule has 1 aliphatic heterocycles. The molecule has 0 bridgehead atoms. The summed E-state index contributed by atoms with van der Waals surface area (Å²) in [5, 5.41) is 17.9. The third-order valence-electron chi connectivity index (χ3n) is 3.51. The number of aromatic carboxylic acids is 1. The smallest absolute Gasteiger partial charge is 0.354 e. The van der Waals surface area contributed by atoms with E-state index in [2.05, 4.69) is 14.8 Å². The van der Waals surface area contributed by atoms with Gasteiger partial charge in [-0.3, -0.25) is 9.80 Å². The Morgan fingerprint density at radius 2 is 1.95 bits per heavy atom. The number of aliphatic hydroxyl groups is 1. The van der Waals surface area contributed by atoms with Crippen LogP contribution in [-0.4, -0.2) is 70.3 Å². The molecule has 1 fully saturated rings. The molecule has 1 aliphatic rings. The van der Waals surface area contributed by atoms with Crippen LogP contribution >= 0.6 is 0 Å². The van der Waals surface area contributed by atoms with E-state index in [1.807, 2.05) is 6.07 Å². The van der Waals surface area contributed by atoms with Crippen molar-refractivity contribution in [3.63, 3.8) is 0 Å². The third-order valence-corrected chi connectivity index (χ3v) is 3.51. The molecular formula is C14H21N3O3. The highest BCUT2D eigenvalue weighted by molar-refractivity contribution is 5.85. The molecule has 0 aromatic carbocycles. The minimum absolute atomic E-state index is 0.0965. The second-order valence-corrected chi connectivity index (χ2v) is 5.01. The number of carboxylic acid groups (broad SMARTS) is 1. The summed E-state index contributed by atoms with van der Waals surface area (Å²) in [7, 11) is 0. The number of carbonyl (C=O) groups is 1. The van der Waals surface area contributed by atoms with Crippen LogP contribution < -0.4 is 0 Å². The highest BCUT2D eigenvalue weighted by atomic mass is 16.4. The molecule has 0 radical (unpaired) electrons. The zero-order valence-electron chi connectivity index (χ0n) is 11.5. The number of hydrogen-bond donors (Lipinski definition) is 2. The van der Waals surface area contributed by atoms with Crippen LogP contribution in [0.4, 0.5) is 0 Å². The van der Waals surface area contributed by atoms with Crippen LogP contribution in [0.1, 0.15) is 22.6 Å². The number of pyridine rings is 1. The van der Waals surface area contributed by atoms with Crippen molar-refractivity contribution in [3.05, 3.63) is 29.6 Å². The normalized spacial score (nSPS) is 17.9. The summed E-state index contributed by atoms with van der Waals surface area (Å²) in [5.74, 6) is -0.989. The summed E-state index contributed by atoms with van der Waals surface area (Å²) in [6.07, 6.45) is 1.05. The summed E-state index contributed by atoms with van der Waals surface area (Å²) in [6.45, 7) is 5.41. The summed E-state index contributed by atoms with van der Waals surface area (Å²) in [5.41, 5.74) is 0.889. The van der Waals surface area contributed by atoms with Crippen molar-refractivity contribution in [1.82, 2.24) is 14.8 Å². The molecule has 0 aliphatic carbocycles. The fourth-order valence-electron chi connectivity index (χ4n) is 2.46. The lowest BCUT2D eigenvalue weighted by atomic mass is 10.2. The largest absolute Gasteiger partial charge is 0.477 e. The fourth-order valence-corrected chi connectivity index (χ4v) is 2.46. The van der Waals surface area contributed by atoms with Crippen LogP contribution in [0.15, 0.2) is 18.2 Å². The predicted octanol–water partition coefficient (Wildman–Crippen LogP) is 0.280. The van der Waals surface area contributed by atoms with Gasteiger partial charge in [-0.25, -0.2) is 9.78 Å². The Kier molecular flexibility index (Phi) is 5.46. The number of rotatable bonds is 5. The number of aromatic nitrogens is 1. The lowest BCUT2D eigenvalue weighted by Crippen LogP contribution is -2.32. The van der Waals surface area contributed by atoms with Gasteiger partial charge in [-0.05, 0) is 31.6 Å². The van der Waals surface area contributed by atoms with Crippen LogP contribution in [0, 0.1) is 0 Å². The monoisotopic (exact) mass is 279 g/mol. The molecule has 2 rings (SSSR count). The van der Waals surface area contributed by atoms with E-state index >= 15 is 0 Å². The Bertz CT molecular complexity index is 453. The minimum Gasteiger partial charge on any atom is -0.477 e. The van der Waals surface area contributed by atoms with Gasteiger partial charge < -0.3 is 10.2 Å². The number of hydrogen-bond acceptors (Lipinski definition) is 5. The molecule has 1 saturated heterocycles. The van der Waals surface area contributed by atoms with Crippen LogP contribution in [0.3, 0.4) is 0 Å². The maximum atomic E-state index is 10.9. The molecule has 1 aromatic heterocycles. The van der Waals surface area contributed by atoms with E-state index in [1.54, 1.807) is 6.07 Å². The van der Waals surface area contributed by atoms with Crippen molar-refractivity contribution in [3.8, 4) is 0 Å². The van der Waals surface area contributed by atoms with E-state index in [1.165, 1.54) is 6.07 Å². The first-order valence-electron chi connectivity index (χ1n) is 6.94. The molecule has 0 amide bonds. The van der Waals surface area contributed by atoms with Crippen molar-refractivity contribution < 1.29 is 15.0 Å². The quantitative estimate of drug-likeness (QED) is 0.806. The fraction of sp³-hybridized carbons (Fsp3) is 0.571. The van der Waals surface area contributed by atoms with E-state index in [-0.39, 0.29) is 12.3 Å². The van der Waals surface area contributed by atoms with Gasteiger partial charge in [-0.1, -0.05) is 6.07 Å². The maximum Gasteiger partial charge on any atom is 0.354 e. The SMILES string of the molecule is O=C(O)c1cccc(CN2CCCN(CCO)CC2)n1. The van der Waals surface area contributed by atoms with E-state index in [0.717, 1.165) is 44.8 Å². The standard InChI is InChI=1S/C14H21N3O3/c18-10-9-16-5-2-6-17(8-7-16)11-12-3-1-4-13(15-12)14(19)20/h1,3-4,18H,2,5-11H2,(H,19,20). The molecule has 0 unspecified atom stereocenters. The minimum atomic E-state index is -0.989. The Morgan fingerprint density at radius 3 is 2.70 bits per heavy atom. The van der Waals surface area contributed by atoms with Gasteiger partial charge in [0.2, 0.25) is 0 Å². The number of aliphatic hydroxyl groups excluding tert-OH is 1. The first-order valence-corrected chi connectivity index (χ1v) is 6.94. The van der Waals surface area contributed by atoms with Gasteiger partial charge in [0.25, 0.3) is 0 Å². The summed E-state index contributed by atoms with van der Waals surface area (Å²) in [4.78, 5) is 19.6. The van der Waals surface area contributed by atoms with Crippen molar-refractivity contribution in [2.24, 2.45) is 0 Å². The van der Waals surface area contributed by atoms with Gasteiger partial charge in [0.15, 0.2) is 0 Å². The predicted molar refractivity (Wildman–Crippen MR) is 74.6 cm³/mol. The lowest BCUT2D eigenvalue weighted by molar-refractivity contribution is 0.0690. The number of β-amino-alcohol motifs (C(OH)–C–C–N with tert-alkyl or cyclic N) is 1. The molecule has 1 aromatic rings. The van der Waals surface area contributed by atoms with E-state index < -0.39 is 5.97 Å². The summed E-state index contributed by atoms with van der Waals surface area (Å²) in [6, 6.07) is 5.11. The van der Waals surface area contributed by atoms with Gasteiger partial charge in [0.1, 0.15) is 5.69 Å². The van der Waals surface area contributed by atoms with E-state index in [0.29, 0.717) is 6.54 Å². The van der Waals surface area contributed by atoms with Crippen molar-refractivity contribution in [2.45, 2.75) is 13.0 Å². The van der Waals surface area contributed by atoms with Gasteiger partial charge in [-0.2, -0.15) is 0 Å². The van der Waals surface area contributed by atoms with Crippen LogP contribution in [-0.2, 0) is 6.54 Å². The zero-order chi connectivity index (χ0) is 14.4. The second-order valence-electron chi connectivity index (χ2n) is 5.01. The zero-order valence-corrected chi connectivity index (χ0v) is 11.5. The van der Waals surface area contributed by atoms with Gasteiger partial charge in [0, 0.05) is 26.2 Å². The average molecular weight is 279 g/mol. The average Bonchev–Trinajstić information content (AvgIpc) is 2.65. The molecule has 6 heteroatoms. The van der Waals surface area contributed by atoms with Crippen LogP contribution in [0.2, 0.25) is 0 Å². The van der Waals surface area contributed by atoms with E-state index in [4.69, 9.17) is 10.2 Å². The van der Waals surface area contributed by atoms with Crippen LogP contribution in [0.5, 0.6) is 0 Å². The topological polar surface area (TPSA) is 76.9 Å². The first-order chi connectivity index (χ1) is 9.69. The number of nitrogens with zero attached hydrogens (tertiary/aromatic N) is 3. The van der Waals surface area contributed by atoms with Crippen molar-refractivity contribution in [2.75, 3.05) is 39.3 Å². The maximum absolute atomic E-state index is 10.9. The van der Waals surface area contributed by atoms with Gasteiger partial charge in [0.05, 0.1) is 12.3 Å². The molecular weight excluding hydrogens is 258 g/mol. The van der Waals surface area contributed by atoms with Crippen molar-refractivity contribution >= 4 is 5.97 Å². The number of carboxylic acids is 1. The summed E-state index contributed by atoms with van der Waals surface area (Å²) < 4.78 is 0. The molecule has 0 spiro atoms. The molecule has 110 valence electrons. The van der Waals surface area contributed by atoms with Gasteiger partial charge >= 0.3 is 5.97 Å². The highest BCUT2D eigenvalue weighted by Gasteiger charge is 2.15. The van der Waals surface area contributed by atoms with Crippen LogP contribution in [0.25, 0.3) is 0 Å². The molecule has 2 N–H and O–H groups in total. The van der Waals surface area contributed by atoms with E-state index in [9.17, 15) is 4.79 Å². The molecule has 20 heavy (non-hydrogen) atoms. The lowest BCUT2D eigenvalue weighted by Gasteiger charge is -2.20. The first kappa shape index (κ1) is 14.9. The Labute approximate surface area is 118 Å². The molecule has 0 atom stereocenters. The van der Waals surface area contributed by atoms with Gasteiger partial charge in [-0.15, -0.1) is 0 Å². The molecule has 6 nitrogen and oxygen atoms in total.